The molecule has 4 N–H and O–H groups in total. The van der Waals surface area contributed by atoms with Crippen molar-refractivity contribution in [2.75, 3.05) is 0 Å². The molecule has 4 nitrogen and oxygen atoms in total. The average Bonchev–Trinajstić information content (AvgIpc) is 2.64. The Bertz CT molecular complexity index is 998. The summed E-state index contributed by atoms with van der Waals surface area (Å²) in [6.45, 7) is 0. The highest BCUT2D eigenvalue weighted by Crippen LogP contribution is 2.19. The summed E-state index contributed by atoms with van der Waals surface area (Å²) in [6, 6.07) is -5.75. The van der Waals surface area contributed by atoms with Crippen LogP contribution in [0.25, 0.3) is 21.5 Å². The normalized spacial score (nSPS) is 16.6. The van der Waals surface area contributed by atoms with E-state index < -0.39 is 95.0 Å². The van der Waals surface area contributed by atoms with Crippen molar-refractivity contribution in [3.63, 3.8) is 0 Å². The topological polar surface area (TPSA) is 80.9 Å². The van der Waals surface area contributed by atoms with E-state index in [4.69, 9.17) is 11.0 Å². The smallest absolute Gasteiger partial charge is 0.423 e. The second-order valence-corrected chi connectivity index (χ2v) is 4.07. The van der Waals surface area contributed by atoms with Gasteiger partial charge in [0, 0.05) is 0 Å². The third kappa shape index (κ3) is 1.90. The Kier molecular flexibility index (Phi) is 1.66. The summed E-state index contributed by atoms with van der Waals surface area (Å²) in [5.74, 6) is 0. The summed E-state index contributed by atoms with van der Waals surface area (Å²) in [6.07, 6.45) is 0. The summed E-state index contributed by atoms with van der Waals surface area (Å²) in [5.41, 5.74) is -1.15. The number of benzene rings is 3. The highest BCUT2D eigenvalue weighted by Gasteiger charge is 2.25. The molecule has 0 saturated heterocycles. The van der Waals surface area contributed by atoms with Crippen LogP contribution in [-0.4, -0.2) is 34.3 Å². The fourth-order valence-electron chi connectivity index (χ4n) is 2.20. The lowest BCUT2D eigenvalue weighted by molar-refractivity contribution is 0.425. The van der Waals surface area contributed by atoms with Crippen LogP contribution in [-0.2, 0) is 0 Å². The molecule has 3 aromatic carbocycles. The average molecular weight is 274 g/mol. The third-order valence-electron chi connectivity index (χ3n) is 2.97. The molecule has 3 rings (SSSR count). The number of hydrogen-bond donors (Lipinski definition) is 4. The monoisotopic (exact) mass is 274 g/mol. The van der Waals surface area contributed by atoms with Crippen LogP contribution >= 0.6 is 0 Å². The van der Waals surface area contributed by atoms with E-state index in [1.54, 1.807) is 0 Å². The third-order valence-corrected chi connectivity index (χ3v) is 2.97. The van der Waals surface area contributed by atoms with Gasteiger partial charge in [-0.2, -0.15) is 0 Å². The molecular formula is C14H12B2O4. The predicted molar refractivity (Wildman–Crippen MR) is 81.1 cm³/mol. The number of hydrogen-bond acceptors (Lipinski definition) is 4. The van der Waals surface area contributed by atoms with Crippen molar-refractivity contribution in [2.24, 2.45) is 0 Å². The van der Waals surface area contributed by atoms with Gasteiger partial charge in [-0.3, -0.25) is 0 Å². The maximum atomic E-state index is 9.93. The van der Waals surface area contributed by atoms with Gasteiger partial charge in [0.1, 0.15) is 0 Å². The molecule has 0 bridgehead atoms. The minimum atomic E-state index is -2.37. The molecule has 0 atom stereocenters. The zero-order valence-corrected chi connectivity index (χ0v) is 9.94. The second kappa shape index (κ2) is 4.92. The molecule has 0 aromatic heterocycles. The molecule has 0 radical (unpaired) electrons. The summed E-state index contributed by atoms with van der Waals surface area (Å²) < 4.78 is 63.8. The Morgan fingerprint density at radius 3 is 1.05 bits per heavy atom. The number of fused-ring (bicyclic) bond motifs is 2. The van der Waals surface area contributed by atoms with Crippen LogP contribution in [0.5, 0.6) is 0 Å². The molecule has 98 valence electrons. The maximum absolute atomic E-state index is 9.93. The van der Waals surface area contributed by atoms with Gasteiger partial charge in [-0.05, 0) is 32.5 Å². The Morgan fingerprint density at radius 1 is 0.600 bits per heavy atom. The van der Waals surface area contributed by atoms with E-state index in [-0.39, 0.29) is 0 Å². The minimum Gasteiger partial charge on any atom is -0.423 e. The molecule has 0 unspecified atom stereocenters. The van der Waals surface area contributed by atoms with Crippen molar-refractivity contribution >= 4 is 46.7 Å². The predicted octanol–water partition coefficient (Wildman–Crippen LogP) is -0.647. The van der Waals surface area contributed by atoms with Crippen LogP contribution in [0.1, 0.15) is 11.0 Å². The number of rotatable bonds is 2. The largest absolute Gasteiger partial charge is 0.489 e. The molecular weight excluding hydrogens is 254 g/mol. The lowest BCUT2D eigenvalue weighted by Crippen LogP contribution is -2.37. The van der Waals surface area contributed by atoms with E-state index in [1.165, 1.54) is 0 Å². The molecule has 0 aliphatic carbocycles. The highest BCUT2D eigenvalue weighted by atomic mass is 16.4. The maximum Gasteiger partial charge on any atom is 0.489 e. The molecule has 6 heteroatoms. The molecule has 0 amide bonds. The van der Waals surface area contributed by atoms with Gasteiger partial charge in [0.05, 0.1) is 11.0 Å². The van der Waals surface area contributed by atoms with Crippen molar-refractivity contribution in [3.8, 4) is 0 Å². The summed E-state index contributed by atoms with van der Waals surface area (Å²) in [4.78, 5) is 0. The van der Waals surface area contributed by atoms with E-state index in [2.05, 4.69) is 0 Å². The Balaban J connectivity index is 2.93. The molecule has 3 aromatic rings. The van der Waals surface area contributed by atoms with Gasteiger partial charge in [0.2, 0.25) is 0 Å². The van der Waals surface area contributed by atoms with E-state index in [0.29, 0.717) is 0 Å². The highest BCUT2D eigenvalue weighted by molar-refractivity contribution is 6.71. The zero-order chi connectivity index (χ0) is 21.2. The first-order valence-electron chi connectivity index (χ1n) is 9.61. The van der Waals surface area contributed by atoms with Gasteiger partial charge < -0.3 is 20.1 Å². The van der Waals surface area contributed by atoms with Crippen LogP contribution in [0.3, 0.4) is 0 Å². The molecule has 0 aliphatic rings. The fraction of sp³-hybridized carbons (Fsp3) is 0. The summed E-state index contributed by atoms with van der Waals surface area (Å²) in [7, 11) is -4.73. The van der Waals surface area contributed by atoms with Gasteiger partial charge in [0.25, 0.3) is 0 Å². The first-order chi connectivity index (χ1) is 12.9. The zero-order valence-electron chi connectivity index (χ0n) is 17.9. The molecule has 20 heavy (non-hydrogen) atoms. The SMILES string of the molecule is [2H]c1c([2H])c([2H])c2c(B(O)O)c3c([2H])c([2H])c([2H])c([2H])c3c(B(O)O)c2c1[2H]. The molecule has 0 saturated carbocycles. The van der Waals surface area contributed by atoms with Crippen LogP contribution < -0.4 is 10.9 Å². The van der Waals surface area contributed by atoms with Gasteiger partial charge >= 0.3 is 14.2 Å². The van der Waals surface area contributed by atoms with E-state index in [0.717, 1.165) is 0 Å². The van der Waals surface area contributed by atoms with Crippen molar-refractivity contribution in [1.29, 1.82) is 0 Å². The van der Waals surface area contributed by atoms with Crippen molar-refractivity contribution in [1.82, 2.24) is 0 Å². The van der Waals surface area contributed by atoms with Crippen molar-refractivity contribution in [2.45, 2.75) is 0 Å². The first-order valence-corrected chi connectivity index (χ1v) is 5.61. The Hall–Kier alpha value is -1.85. The lowest BCUT2D eigenvalue weighted by Gasteiger charge is -2.15. The van der Waals surface area contributed by atoms with Crippen LogP contribution in [0.2, 0.25) is 0 Å². The molecule has 0 aliphatic heterocycles. The van der Waals surface area contributed by atoms with E-state index >= 15 is 0 Å². The van der Waals surface area contributed by atoms with Gasteiger partial charge in [0.15, 0.2) is 0 Å². The molecule has 0 spiro atoms. The van der Waals surface area contributed by atoms with Crippen LogP contribution in [0.15, 0.2) is 48.3 Å². The fourth-order valence-corrected chi connectivity index (χ4v) is 2.20. The van der Waals surface area contributed by atoms with Crippen LogP contribution in [0.4, 0.5) is 0 Å². The Labute approximate surface area is 127 Å². The van der Waals surface area contributed by atoms with Crippen molar-refractivity contribution in [3.05, 3.63) is 48.3 Å². The van der Waals surface area contributed by atoms with Crippen molar-refractivity contribution < 1.29 is 31.1 Å². The molecule has 0 heterocycles. The second-order valence-electron chi connectivity index (χ2n) is 4.07. The summed E-state index contributed by atoms with van der Waals surface area (Å²) in [5, 5.41) is 37.8. The summed E-state index contributed by atoms with van der Waals surface area (Å²) >= 11 is 0. The molecule has 0 fully saturated rings. The Morgan fingerprint density at radius 2 is 0.850 bits per heavy atom. The standard InChI is InChI=1S/C14H12B2O4/c17-15(18)13-9-5-1-2-6-10(9)14(16(19)20)12-8-4-3-7-11(12)13/h1-8,17-20H/i1D,2D,3D,4D,5D,6D,7D,8D. The van der Waals surface area contributed by atoms with Gasteiger partial charge in [-0.15, -0.1) is 0 Å². The van der Waals surface area contributed by atoms with Gasteiger partial charge in [-0.25, -0.2) is 0 Å². The lowest BCUT2D eigenvalue weighted by atomic mass is 9.67. The van der Waals surface area contributed by atoms with Crippen LogP contribution in [0, 0.1) is 0 Å². The van der Waals surface area contributed by atoms with E-state index in [9.17, 15) is 20.1 Å². The van der Waals surface area contributed by atoms with Gasteiger partial charge in [-0.1, -0.05) is 48.3 Å². The quantitative estimate of drug-likeness (QED) is 0.370. The van der Waals surface area contributed by atoms with E-state index in [1.807, 2.05) is 0 Å². The minimum absolute atomic E-state index is 0.471. The first kappa shape index (κ1) is 6.74.